The van der Waals surface area contributed by atoms with Gasteiger partial charge < -0.3 is 9.05 Å². The molecule has 0 N–H and O–H groups in total. The molecule has 5 heteroatoms. The number of hydrogen-bond donors (Lipinski definition) is 0. The average Bonchev–Trinajstić information content (AvgIpc) is 2.56. The van der Waals surface area contributed by atoms with Gasteiger partial charge in [0.05, 0.1) is 17.0 Å². The van der Waals surface area contributed by atoms with E-state index in [-0.39, 0.29) is 0 Å². The third-order valence-electron chi connectivity index (χ3n) is 3.20. The van der Waals surface area contributed by atoms with Crippen LogP contribution in [0.4, 0.5) is 0 Å². The maximum atomic E-state index is 6.23. The summed E-state index contributed by atoms with van der Waals surface area (Å²) in [5.74, 6) is 0.847. The summed E-state index contributed by atoms with van der Waals surface area (Å²) in [6, 6.07) is 20.4. The second-order valence-corrected chi connectivity index (χ2v) is 9.85. The molecule has 0 fully saturated rings. The van der Waals surface area contributed by atoms with Crippen molar-refractivity contribution in [3.63, 3.8) is 0 Å². The van der Waals surface area contributed by atoms with Gasteiger partial charge in [0.25, 0.3) is 0 Å². The van der Waals surface area contributed by atoms with E-state index in [1.165, 1.54) is 0 Å². The molecule has 0 radical (unpaired) electrons. The highest BCUT2D eigenvalue weighted by molar-refractivity contribution is 8.22. The van der Waals surface area contributed by atoms with Crippen LogP contribution in [0.1, 0.15) is 18.1 Å². The highest BCUT2D eigenvalue weighted by Gasteiger charge is 2.30. The Morgan fingerprint density at radius 3 is 2.23 bits per heavy atom. The lowest BCUT2D eigenvalue weighted by Gasteiger charge is -2.30. The molecule has 0 bridgehead atoms. The number of rotatable bonds is 4. The van der Waals surface area contributed by atoms with E-state index in [9.17, 15) is 0 Å². The van der Waals surface area contributed by atoms with Gasteiger partial charge in [0.1, 0.15) is 5.76 Å². The molecule has 2 nitrogen and oxygen atoms in total. The van der Waals surface area contributed by atoms with Crippen LogP contribution in [0.15, 0.2) is 60.7 Å². The lowest BCUT2D eigenvalue weighted by Crippen LogP contribution is -2.05. The second kappa shape index (κ2) is 7.01. The third kappa shape index (κ3) is 3.47. The minimum atomic E-state index is -2.25. The number of thioether (sulfide) groups is 1. The van der Waals surface area contributed by atoms with Gasteiger partial charge >= 0.3 is 0 Å². The van der Waals surface area contributed by atoms with Crippen molar-refractivity contribution in [2.75, 3.05) is 12.1 Å². The predicted octanol–water partition coefficient (Wildman–Crippen LogP) is 5.58. The van der Waals surface area contributed by atoms with Crippen LogP contribution in [0.5, 0.6) is 0 Å². The first kappa shape index (κ1) is 15.8. The zero-order chi connectivity index (χ0) is 15.4. The quantitative estimate of drug-likeness (QED) is 0.671. The third-order valence-corrected chi connectivity index (χ3v) is 8.29. The summed E-state index contributed by atoms with van der Waals surface area (Å²) < 4.78 is 12.0. The van der Waals surface area contributed by atoms with E-state index in [4.69, 9.17) is 20.9 Å². The Labute approximate surface area is 140 Å². The zero-order valence-electron chi connectivity index (χ0n) is 12.3. The molecule has 1 heterocycles. The maximum absolute atomic E-state index is 6.23. The van der Waals surface area contributed by atoms with E-state index in [2.05, 4.69) is 24.3 Å². The minimum absolute atomic E-state index is 0.584. The van der Waals surface area contributed by atoms with Crippen LogP contribution < -0.4 is 0 Å². The predicted molar refractivity (Wildman–Crippen MR) is 99.2 cm³/mol. The van der Waals surface area contributed by atoms with Crippen molar-refractivity contribution in [2.24, 2.45) is 0 Å². The molecule has 1 aliphatic heterocycles. The van der Waals surface area contributed by atoms with Crippen molar-refractivity contribution in [3.8, 4) is 0 Å². The fourth-order valence-electron chi connectivity index (χ4n) is 2.25. The van der Waals surface area contributed by atoms with Crippen molar-refractivity contribution in [2.45, 2.75) is 6.92 Å². The first-order chi connectivity index (χ1) is 10.7. The monoisotopic (exact) mass is 348 g/mol. The Bertz CT molecular complexity index is 714. The first-order valence-corrected chi connectivity index (χ1v) is 10.9. The van der Waals surface area contributed by atoms with Crippen LogP contribution in [0.2, 0.25) is 0 Å². The molecular formula is C17H17O2PS2. The Kier molecular flexibility index (Phi) is 5.04. The van der Waals surface area contributed by atoms with E-state index < -0.39 is 6.49 Å². The highest BCUT2D eigenvalue weighted by atomic mass is 32.5. The lowest BCUT2D eigenvalue weighted by molar-refractivity contribution is 0.325. The van der Waals surface area contributed by atoms with Gasteiger partial charge in [0.15, 0.2) is 0 Å². The van der Waals surface area contributed by atoms with Gasteiger partial charge in [-0.3, -0.25) is 0 Å². The molecule has 0 aromatic heterocycles. The Morgan fingerprint density at radius 1 is 1.05 bits per heavy atom. The molecule has 3 rings (SSSR count). The maximum Gasteiger partial charge on any atom is 0.248 e. The van der Waals surface area contributed by atoms with E-state index in [1.54, 1.807) is 11.8 Å². The van der Waals surface area contributed by atoms with Gasteiger partial charge in [-0.25, -0.2) is 0 Å². The molecule has 1 aliphatic rings. The number of hydrogen-bond acceptors (Lipinski definition) is 4. The van der Waals surface area contributed by atoms with Gasteiger partial charge in [-0.2, -0.15) is 0 Å². The zero-order valence-corrected chi connectivity index (χ0v) is 14.8. The Morgan fingerprint density at radius 2 is 1.64 bits per heavy atom. The smallest absolute Gasteiger partial charge is 0.248 e. The van der Waals surface area contributed by atoms with E-state index in [0.717, 1.165) is 21.8 Å². The van der Waals surface area contributed by atoms with E-state index in [0.29, 0.717) is 12.1 Å². The molecule has 114 valence electrons. The van der Waals surface area contributed by atoms with Crippen LogP contribution in [0.3, 0.4) is 0 Å². The molecule has 0 aliphatic carbocycles. The van der Waals surface area contributed by atoms with Crippen LogP contribution in [0, 0.1) is 0 Å². The molecule has 1 atom stereocenters. The summed E-state index contributed by atoms with van der Waals surface area (Å²) in [4.78, 5) is 1.13. The summed E-state index contributed by atoms with van der Waals surface area (Å²) in [6.45, 7) is 0.289. The number of benzene rings is 2. The normalized spacial score (nSPS) is 21.5. The molecule has 2 aromatic carbocycles. The highest BCUT2D eigenvalue weighted by Crippen LogP contribution is 2.61. The molecule has 0 spiro atoms. The van der Waals surface area contributed by atoms with Crippen molar-refractivity contribution in [1.82, 2.24) is 0 Å². The standard InChI is InChI=1S/C17H17O2PS2/c1-2-18-20(21)13-22-17(15-11-7-4-8-12-15)16(19-20)14-9-5-3-6-10-14/h3-12H,2,13H2,1H3. The van der Waals surface area contributed by atoms with Crippen LogP contribution in [-0.2, 0) is 20.9 Å². The van der Waals surface area contributed by atoms with E-state index in [1.807, 2.05) is 43.3 Å². The summed E-state index contributed by atoms with van der Waals surface area (Å²) in [5, 5.41) is 0. The summed E-state index contributed by atoms with van der Waals surface area (Å²) >= 11 is 7.39. The molecule has 0 amide bonds. The Balaban J connectivity index is 2.09. The van der Waals surface area contributed by atoms with Crippen LogP contribution in [0.25, 0.3) is 10.7 Å². The fraction of sp³-hybridized carbons (Fsp3) is 0.176. The van der Waals surface area contributed by atoms with Crippen LogP contribution in [-0.4, -0.2) is 12.1 Å². The van der Waals surface area contributed by atoms with Crippen molar-refractivity contribution < 1.29 is 9.05 Å². The Hall–Kier alpha value is -1.06. The van der Waals surface area contributed by atoms with Gasteiger partial charge in [0.2, 0.25) is 6.49 Å². The largest absolute Gasteiger partial charge is 0.441 e. The van der Waals surface area contributed by atoms with Gasteiger partial charge in [-0.1, -0.05) is 60.7 Å². The molecule has 22 heavy (non-hydrogen) atoms. The second-order valence-electron chi connectivity index (χ2n) is 4.78. The van der Waals surface area contributed by atoms with Gasteiger partial charge in [-0.15, -0.1) is 11.8 Å². The fourth-order valence-corrected chi connectivity index (χ4v) is 6.50. The first-order valence-electron chi connectivity index (χ1n) is 7.13. The molecule has 1 unspecified atom stereocenters. The summed E-state index contributed by atoms with van der Waals surface area (Å²) in [5.41, 5.74) is 2.91. The van der Waals surface area contributed by atoms with Crippen molar-refractivity contribution >= 4 is 40.7 Å². The molecular weight excluding hydrogens is 331 g/mol. The lowest BCUT2D eigenvalue weighted by atomic mass is 10.1. The SMILES string of the molecule is CCOP1(=S)CSC(c2ccccc2)=C(c2ccccc2)O1. The van der Waals surface area contributed by atoms with E-state index >= 15 is 0 Å². The van der Waals surface area contributed by atoms with Crippen LogP contribution >= 0.6 is 18.3 Å². The molecule has 2 aromatic rings. The summed E-state index contributed by atoms with van der Waals surface area (Å²) in [7, 11) is 0. The van der Waals surface area contributed by atoms with Crippen molar-refractivity contribution in [1.29, 1.82) is 0 Å². The molecule has 0 saturated carbocycles. The van der Waals surface area contributed by atoms with Crippen molar-refractivity contribution in [3.05, 3.63) is 71.8 Å². The molecule has 0 saturated heterocycles. The van der Waals surface area contributed by atoms with Gasteiger partial charge in [-0.05, 0) is 24.3 Å². The summed E-state index contributed by atoms with van der Waals surface area (Å²) in [6.07, 6.45) is 0. The average molecular weight is 348 g/mol. The minimum Gasteiger partial charge on any atom is -0.441 e. The topological polar surface area (TPSA) is 18.5 Å². The van der Waals surface area contributed by atoms with Gasteiger partial charge in [0, 0.05) is 5.56 Å².